The van der Waals surface area contributed by atoms with Crippen LogP contribution in [0.5, 0.6) is 5.75 Å². The van der Waals surface area contributed by atoms with Crippen LogP contribution in [0.15, 0.2) is 24.3 Å². The van der Waals surface area contributed by atoms with Crippen LogP contribution in [-0.4, -0.2) is 11.1 Å². The second-order valence-electron chi connectivity index (χ2n) is 2.05. The Morgan fingerprint density at radius 2 is 2.33 bits per heavy atom. The van der Waals surface area contributed by atoms with E-state index in [1.807, 2.05) is 0 Å². The van der Waals surface area contributed by atoms with Crippen molar-refractivity contribution in [3.8, 4) is 5.75 Å². The molecule has 64 valence electrons. The summed E-state index contributed by atoms with van der Waals surface area (Å²) in [5.74, 6) is -0.801. The molecule has 0 fully saturated rings. The summed E-state index contributed by atoms with van der Waals surface area (Å²) in [4.78, 5) is 14.1. The van der Waals surface area contributed by atoms with Crippen LogP contribution in [0.4, 0.5) is 4.53 Å². The lowest BCUT2D eigenvalue weighted by Gasteiger charge is -1.98. The fraction of sp³-hybridized carbons (Fsp3) is 0. The van der Waals surface area contributed by atoms with E-state index in [0.717, 1.165) is 6.07 Å². The van der Waals surface area contributed by atoms with Crippen LogP contribution in [0.25, 0.3) is 0 Å². The molecule has 0 aromatic heterocycles. The number of nitrogens with one attached hydrogen (secondary N) is 1. The minimum atomic E-state index is -0.714. The Hall–Kier alpha value is -1.62. The fourth-order valence-electron chi connectivity index (χ4n) is 0.750. The SMILES string of the molecule is O=C(NO)c1cccc(OF)c1. The summed E-state index contributed by atoms with van der Waals surface area (Å²) >= 11 is 0. The summed E-state index contributed by atoms with van der Waals surface area (Å²) in [6.45, 7) is 0. The summed E-state index contributed by atoms with van der Waals surface area (Å²) in [6.07, 6.45) is 0. The zero-order valence-electron chi connectivity index (χ0n) is 5.95. The van der Waals surface area contributed by atoms with Gasteiger partial charge in [-0.1, -0.05) is 6.07 Å². The van der Waals surface area contributed by atoms with Crippen LogP contribution in [0.3, 0.4) is 0 Å². The normalized spacial score (nSPS) is 9.17. The van der Waals surface area contributed by atoms with Gasteiger partial charge < -0.3 is 0 Å². The van der Waals surface area contributed by atoms with E-state index in [1.165, 1.54) is 23.7 Å². The first-order chi connectivity index (χ1) is 5.77. The van der Waals surface area contributed by atoms with Gasteiger partial charge in [-0.15, -0.1) is 0 Å². The van der Waals surface area contributed by atoms with Crippen LogP contribution in [0.1, 0.15) is 10.4 Å². The topological polar surface area (TPSA) is 58.6 Å². The molecule has 0 bridgehead atoms. The highest BCUT2D eigenvalue weighted by atomic mass is 19.3. The molecular formula is C7H6FNO3. The zero-order chi connectivity index (χ0) is 8.97. The van der Waals surface area contributed by atoms with E-state index in [-0.39, 0.29) is 11.3 Å². The first kappa shape index (κ1) is 8.48. The van der Waals surface area contributed by atoms with Crippen molar-refractivity contribution in [1.82, 2.24) is 5.48 Å². The molecule has 2 N–H and O–H groups in total. The van der Waals surface area contributed by atoms with Crippen molar-refractivity contribution < 1.29 is 19.5 Å². The number of carbonyl (C=O) groups is 1. The van der Waals surface area contributed by atoms with E-state index in [4.69, 9.17) is 5.21 Å². The minimum absolute atomic E-state index is 0.0869. The van der Waals surface area contributed by atoms with Gasteiger partial charge in [-0.25, -0.2) is 5.48 Å². The van der Waals surface area contributed by atoms with Gasteiger partial charge in [-0.2, -0.15) is 0 Å². The summed E-state index contributed by atoms with van der Waals surface area (Å²) < 4.78 is 11.6. The largest absolute Gasteiger partial charge is 0.294 e. The smallest absolute Gasteiger partial charge is 0.274 e. The van der Waals surface area contributed by atoms with E-state index < -0.39 is 5.91 Å². The van der Waals surface area contributed by atoms with Gasteiger partial charge in [0.15, 0.2) is 5.75 Å². The Morgan fingerprint density at radius 3 is 2.92 bits per heavy atom. The van der Waals surface area contributed by atoms with Gasteiger partial charge in [0, 0.05) is 10.1 Å². The van der Waals surface area contributed by atoms with Crippen molar-refractivity contribution in [3.05, 3.63) is 29.8 Å². The summed E-state index contributed by atoms with van der Waals surface area (Å²) in [5.41, 5.74) is 1.53. The van der Waals surface area contributed by atoms with Crippen molar-refractivity contribution in [2.75, 3.05) is 0 Å². The van der Waals surface area contributed by atoms with E-state index in [2.05, 4.69) is 4.94 Å². The number of carbonyl (C=O) groups excluding carboxylic acids is 1. The Morgan fingerprint density at radius 1 is 1.58 bits per heavy atom. The minimum Gasteiger partial charge on any atom is -0.294 e. The molecule has 0 aliphatic carbocycles. The highest BCUT2D eigenvalue weighted by Gasteiger charge is 2.04. The molecule has 0 atom stereocenters. The van der Waals surface area contributed by atoms with Crippen molar-refractivity contribution in [2.45, 2.75) is 0 Å². The first-order valence-corrected chi connectivity index (χ1v) is 3.11. The van der Waals surface area contributed by atoms with Gasteiger partial charge in [-0.3, -0.25) is 14.9 Å². The Bertz CT molecular complexity index is 290. The summed E-state index contributed by atoms with van der Waals surface area (Å²) in [7, 11) is 0. The molecule has 0 saturated heterocycles. The average Bonchev–Trinajstić information content (AvgIpc) is 2.17. The van der Waals surface area contributed by atoms with Crippen LogP contribution < -0.4 is 10.4 Å². The quantitative estimate of drug-likeness (QED) is 0.516. The second-order valence-corrected chi connectivity index (χ2v) is 2.05. The lowest BCUT2D eigenvalue weighted by atomic mass is 10.2. The maximum absolute atomic E-state index is 11.6. The van der Waals surface area contributed by atoms with Crippen molar-refractivity contribution >= 4 is 5.91 Å². The van der Waals surface area contributed by atoms with Gasteiger partial charge in [0.1, 0.15) is 0 Å². The van der Waals surface area contributed by atoms with Gasteiger partial charge in [0.2, 0.25) is 0 Å². The third kappa shape index (κ3) is 1.70. The lowest BCUT2D eigenvalue weighted by molar-refractivity contribution is -0.00630. The van der Waals surface area contributed by atoms with Gasteiger partial charge in [-0.05, 0) is 18.2 Å². The molecule has 0 radical (unpaired) electrons. The number of rotatable bonds is 2. The molecular weight excluding hydrogens is 165 g/mol. The zero-order valence-corrected chi connectivity index (χ0v) is 5.95. The number of amides is 1. The van der Waals surface area contributed by atoms with Gasteiger partial charge >= 0.3 is 0 Å². The molecule has 1 amide bonds. The molecule has 0 unspecified atom stereocenters. The first-order valence-electron chi connectivity index (χ1n) is 3.11. The fourth-order valence-corrected chi connectivity index (χ4v) is 0.750. The predicted octanol–water partition coefficient (Wildman–Crippen LogP) is 1.07. The lowest BCUT2D eigenvalue weighted by Crippen LogP contribution is -2.18. The predicted molar refractivity (Wildman–Crippen MR) is 37.4 cm³/mol. The maximum atomic E-state index is 11.6. The van der Waals surface area contributed by atoms with Crippen LogP contribution >= 0.6 is 0 Å². The van der Waals surface area contributed by atoms with Gasteiger partial charge in [0.25, 0.3) is 5.91 Å². The maximum Gasteiger partial charge on any atom is 0.274 e. The number of benzene rings is 1. The summed E-state index contributed by atoms with van der Waals surface area (Å²) in [6, 6.07) is 5.34. The number of hydrogen-bond acceptors (Lipinski definition) is 3. The van der Waals surface area contributed by atoms with Crippen LogP contribution in [0, 0.1) is 0 Å². The molecule has 5 heteroatoms. The summed E-state index contributed by atoms with van der Waals surface area (Å²) in [5, 5.41) is 8.22. The van der Waals surface area contributed by atoms with Gasteiger partial charge in [0.05, 0.1) is 0 Å². The van der Waals surface area contributed by atoms with E-state index in [1.54, 1.807) is 0 Å². The standard InChI is InChI=1S/C7H6FNO3/c8-12-6-3-1-2-5(4-6)7(10)9-11/h1-4,11H,(H,9,10). The molecule has 12 heavy (non-hydrogen) atoms. The van der Waals surface area contributed by atoms with Crippen LogP contribution in [0.2, 0.25) is 0 Å². The highest BCUT2D eigenvalue weighted by molar-refractivity contribution is 5.93. The Kier molecular flexibility index (Phi) is 2.60. The highest BCUT2D eigenvalue weighted by Crippen LogP contribution is 2.12. The van der Waals surface area contributed by atoms with Crippen molar-refractivity contribution in [2.24, 2.45) is 0 Å². The molecule has 0 spiro atoms. The monoisotopic (exact) mass is 171 g/mol. The molecule has 0 saturated carbocycles. The average molecular weight is 171 g/mol. The molecule has 0 aliphatic heterocycles. The molecule has 1 aromatic carbocycles. The van der Waals surface area contributed by atoms with E-state index >= 15 is 0 Å². The molecule has 1 rings (SSSR count). The van der Waals surface area contributed by atoms with Crippen molar-refractivity contribution in [3.63, 3.8) is 0 Å². The second kappa shape index (κ2) is 3.68. The number of hydrogen-bond donors (Lipinski definition) is 2. The molecule has 1 aromatic rings. The third-order valence-corrected chi connectivity index (χ3v) is 1.29. The Balaban J connectivity index is 2.93. The molecule has 4 nitrogen and oxygen atoms in total. The van der Waals surface area contributed by atoms with Crippen LogP contribution in [-0.2, 0) is 0 Å². The molecule has 0 heterocycles. The number of hydroxylamine groups is 1. The third-order valence-electron chi connectivity index (χ3n) is 1.29. The van der Waals surface area contributed by atoms with E-state index in [0.29, 0.717) is 0 Å². The van der Waals surface area contributed by atoms with Crippen molar-refractivity contribution in [1.29, 1.82) is 0 Å². The Labute approximate surface area is 67.4 Å². The number of halogens is 1. The van der Waals surface area contributed by atoms with E-state index in [9.17, 15) is 9.32 Å². The molecule has 0 aliphatic rings.